The first-order valence-corrected chi connectivity index (χ1v) is 10.5. The highest BCUT2D eigenvalue weighted by Crippen LogP contribution is 2.21. The van der Waals surface area contributed by atoms with E-state index in [2.05, 4.69) is 45.1 Å². The molecule has 0 amide bonds. The largest absolute Gasteiger partial charge is 0.512 e. The van der Waals surface area contributed by atoms with E-state index in [1.54, 1.807) is 6.07 Å². The second-order valence-electron chi connectivity index (χ2n) is 8.08. The van der Waals surface area contributed by atoms with Gasteiger partial charge in [0.05, 0.1) is 10.9 Å². The first-order chi connectivity index (χ1) is 14.7. The van der Waals surface area contributed by atoms with Gasteiger partial charge >= 0.3 is 0 Å². The molecule has 0 aliphatic carbocycles. The van der Waals surface area contributed by atoms with Crippen LogP contribution in [0.1, 0.15) is 12.0 Å². The number of hydrogen-bond donors (Lipinski definition) is 1. The number of aliphatic hydroxyl groups excluding tert-OH is 1. The van der Waals surface area contributed by atoms with Crippen molar-refractivity contribution in [1.29, 1.82) is 0 Å². The zero-order chi connectivity index (χ0) is 20.5. The van der Waals surface area contributed by atoms with Crippen LogP contribution in [0, 0.1) is 0 Å². The minimum atomic E-state index is -0.194. The summed E-state index contributed by atoms with van der Waals surface area (Å²) in [5.74, 6) is 0.379. The van der Waals surface area contributed by atoms with Gasteiger partial charge in [0.25, 0.3) is 5.56 Å². The van der Waals surface area contributed by atoms with Gasteiger partial charge in [-0.05, 0) is 29.1 Å². The van der Waals surface area contributed by atoms with Crippen molar-refractivity contribution < 1.29 is 5.11 Å². The lowest BCUT2D eigenvalue weighted by atomic mass is 10.0. The van der Waals surface area contributed by atoms with Crippen molar-refractivity contribution in [1.82, 2.24) is 14.8 Å². The molecule has 32 heavy (non-hydrogen) atoms. The molecule has 0 bridgehead atoms. The maximum absolute atomic E-state index is 12.1. The normalized spacial score (nSPS) is 16.0. The van der Waals surface area contributed by atoms with Gasteiger partial charge in [-0.25, -0.2) is 4.98 Å². The molecule has 1 fully saturated rings. The van der Waals surface area contributed by atoms with Gasteiger partial charge in [0.15, 0.2) is 0 Å². The molecular weight excluding hydrogens is 445 g/mol. The Morgan fingerprint density at radius 3 is 2.28 bits per heavy atom. The third kappa shape index (κ3) is 4.81. The Labute approximate surface area is 199 Å². The first-order valence-electron chi connectivity index (χ1n) is 10.5. The van der Waals surface area contributed by atoms with Gasteiger partial charge in [-0.1, -0.05) is 42.5 Å². The average Bonchev–Trinajstić information content (AvgIpc) is 3.11. The molecule has 4 aromatic rings. The van der Waals surface area contributed by atoms with Gasteiger partial charge in [-0.2, -0.15) is 0 Å². The fraction of sp³-hybridized carbons (Fsp3) is 0.280. The quantitative estimate of drug-likeness (QED) is 0.481. The summed E-state index contributed by atoms with van der Waals surface area (Å²) in [5.41, 5.74) is 1.87. The Balaban J connectivity index is 0.00000144. The van der Waals surface area contributed by atoms with Gasteiger partial charge < -0.3 is 10.0 Å². The van der Waals surface area contributed by atoms with E-state index in [4.69, 9.17) is 0 Å². The molecule has 1 N–H and O–H groups in total. The van der Waals surface area contributed by atoms with E-state index in [-0.39, 0.29) is 30.4 Å². The lowest BCUT2D eigenvalue weighted by molar-refractivity contribution is 0.128. The number of rotatable bonds is 5. The molecule has 1 aliphatic rings. The lowest BCUT2D eigenvalue weighted by Gasteiger charge is -2.34. The number of nitrogens with zero attached hydrogens (tertiary/aromatic N) is 3. The molecule has 0 spiro atoms. The van der Waals surface area contributed by atoms with Crippen LogP contribution in [0.5, 0.6) is 0 Å². The average molecular weight is 472 g/mol. The number of benzene rings is 3. The van der Waals surface area contributed by atoms with Crippen LogP contribution < -0.4 is 10.8 Å². The Hall–Kier alpha value is -2.44. The second-order valence-corrected chi connectivity index (χ2v) is 8.08. The van der Waals surface area contributed by atoms with Crippen molar-refractivity contribution in [2.24, 2.45) is 0 Å². The van der Waals surface area contributed by atoms with Gasteiger partial charge in [-0.15, -0.1) is 24.8 Å². The smallest absolute Gasteiger partial charge is 0.278 e. The molecule has 5 rings (SSSR count). The van der Waals surface area contributed by atoms with Crippen molar-refractivity contribution in [2.45, 2.75) is 13.0 Å². The molecule has 1 saturated heterocycles. The maximum atomic E-state index is 12.1. The number of piperazine rings is 1. The molecule has 0 saturated carbocycles. The predicted octanol–water partition coefficient (Wildman–Crippen LogP) is 3.62. The summed E-state index contributed by atoms with van der Waals surface area (Å²) < 4.78 is 0. The summed E-state index contributed by atoms with van der Waals surface area (Å²) in [5, 5.41) is 14.0. The molecular formula is C25H27Cl2N3O2. The summed E-state index contributed by atoms with van der Waals surface area (Å²) in [7, 11) is 0. The van der Waals surface area contributed by atoms with E-state index >= 15 is 0 Å². The highest BCUT2D eigenvalue weighted by atomic mass is 35.5. The van der Waals surface area contributed by atoms with E-state index in [9.17, 15) is 9.90 Å². The SMILES string of the molecule is Cl.Cl.O=c1nc2ccc(=C(O)CCN3CCN(Cc4ccccc4)CC3)c3cccc1c23. The van der Waals surface area contributed by atoms with Crippen LogP contribution in [0.25, 0.3) is 27.4 Å². The molecule has 0 radical (unpaired) electrons. The first kappa shape index (κ1) is 24.2. The Kier molecular flexibility index (Phi) is 7.91. The van der Waals surface area contributed by atoms with E-state index < -0.39 is 0 Å². The number of hydrogen-bond acceptors (Lipinski definition) is 5. The van der Waals surface area contributed by atoms with Gasteiger partial charge in [0.2, 0.25) is 0 Å². The molecule has 1 aromatic heterocycles. The molecule has 0 atom stereocenters. The van der Waals surface area contributed by atoms with E-state index in [0.29, 0.717) is 23.1 Å². The number of aromatic nitrogens is 1. The zero-order valence-electron chi connectivity index (χ0n) is 17.7. The van der Waals surface area contributed by atoms with E-state index in [1.165, 1.54) is 5.56 Å². The molecule has 168 valence electrons. The highest BCUT2D eigenvalue weighted by Gasteiger charge is 2.17. The van der Waals surface area contributed by atoms with Crippen LogP contribution in [0.3, 0.4) is 0 Å². The fourth-order valence-electron chi connectivity index (χ4n) is 4.49. The molecule has 7 heteroatoms. The molecule has 5 nitrogen and oxygen atoms in total. The van der Waals surface area contributed by atoms with Crippen LogP contribution >= 0.6 is 24.8 Å². The number of halogens is 2. The van der Waals surface area contributed by atoms with Crippen molar-refractivity contribution in [3.63, 3.8) is 0 Å². The standard InChI is InChI=1S/C25H25N3O2.2ClH/c29-23(19-9-10-22-24-20(19)7-4-8-21(24)25(30)26-22)11-12-27-13-15-28(16-14-27)17-18-5-2-1-3-6-18;;/h1-10,29H,11-17H2;2*1H. The summed E-state index contributed by atoms with van der Waals surface area (Å²) in [6.07, 6.45) is 0.600. The fourth-order valence-corrected chi connectivity index (χ4v) is 4.49. The van der Waals surface area contributed by atoms with Crippen molar-refractivity contribution >= 4 is 52.2 Å². The number of aliphatic hydroxyl groups is 1. The molecule has 1 aliphatic heterocycles. The molecule has 3 aromatic carbocycles. The van der Waals surface area contributed by atoms with Crippen LogP contribution in [-0.4, -0.2) is 52.6 Å². The van der Waals surface area contributed by atoms with Gasteiger partial charge in [0, 0.05) is 56.3 Å². The second kappa shape index (κ2) is 10.5. The summed E-state index contributed by atoms with van der Waals surface area (Å²) >= 11 is 0. The van der Waals surface area contributed by atoms with Crippen LogP contribution in [0.4, 0.5) is 0 Å². The van der Waals surface area contributed by atoms with E-state index in [0.717, 1.165) is 55.3 Å². The summed E-state index contributed by atoms with van der Waals surface area (Å²) in [6, 6.07) is 20.0. The molecule has 0 unspecified atom stereocenters. The minimum absolute atomic E-state index is 0. The topological polar surface area (TPSA) is 56.7 Å². The van der Waals surface area contributed by atoms with Crippen LogP contribution in [0.2, 0.25) is 0 Å². The Bertz CT molecular complexity index is 1280. The summed E-state index contributed by atoms with van der Waals surface area (Å²) in [4.78, 5) is 21.1. The third-order valence-corrected chi connectivity index (χ3v) is 6.16. The van der Waals surface area contributed by atoms with E-state index in [1.807, 2.05) is 24.3 Å². The van der Waals surface area contributed by atoms with Crippen LogP contribution in [-0.2, 0) is 6.54 Å². The Morgan fingerprint density at radius 2 is 1.53 bits per heavy atom. The Morgan fingerprint density at radius 1 is 0.844 bits per heavy atom. The third-order valence-electron chi connectivity index (χ3n) is 6.16. The minimum Gasteiger partial charge on any atom is -0.512 e. The highest BCUT2D eigenvalue weighted by molar-refractivity contribution is 6.09. The lowest BCUT2D eigenvalue weighted by Crippen LogP contribution is -2.46. The maximum Gasteiger partial charge on any atom is 0.278 e. The summed E-state index contributed by atoms with van der Waals surface area (Å²) in [6.45, 7) is 5.93. The molecule has 2 heterocycles. The van der Waals surface area contributed by atoms with Crippen molar-refractivity contribution in [3.8, 4) is 0 Å². The van der Waals surface area contributed by atoms with Crippen molar-refractivity contribution in [2.75, 3.05) is 32.7 Å². The van der Waals surface area contributed by atoms with Crippen LogP contribution in [0.15, 0.2) is 65.5 Å². The van der Waals surface area contributed by atoms with Crippen molar-refractivity contribution in [3.05, 3.63) is 81.8 Å². The van der Waals surface area contributed by atoms with Gasteiger partial charge in [0.1, 0.15) is 5.76 Å². The van der Waals surface area contributed by atoms with Gasteiger partial charge in [-0.3, -0.25) is 9.69 Å². The predicted molar refractivity (Wildman–Crippen MR) is 135 cm³/mol. The monoisotopic (exact) mass is 471 g/mol. The zero-order valence-corrected chi connectivity index (χ0v) is 19.4.